The monoisotopic (exact) mass is 343 g/mol. The van der Waals surface area contributed by atoms with Gasteiger partial charge in [0.1, 0.15) is 0 Å². The van der Waals surface area contributed by atoms with Crippen LogP contribution in [0.25, 0.3) is 0 Å². The van der Waals surface area contributed by atoms with E-state index in [-0.39, 0.29) is 18.0 Å². The number of benzene rings is 1. The number of hydrogen-bond acceptors (Lipinski definition) is 2. The summed E-state index contributed by atoms with van der Waals surface area (Å²) in [6.45, 7) is 7.21. The Hall–Kier alpha value is -2.04. The summed E-state index contributed by atoms with van der Waals surface area (Å²) in [5.41, 5.74) is 2.32. The number of nitrogens with zero attached hydrogens (tertiary/aromatic N) is 2. The zero-order valence-corrected chi connectivity index (χ0v) is 15.3. The highest BCUT2D eigenvalue weighted by Crippen LogP contribution is 2.22. The predicted octanol–water partition coefficient (Wildman–Crippen LogP) is 3.10. The Kier molecular flexibility index (Phi) is 5.61. The molecule has 0 aliphatic carbocycles. The number of aryl methyl sites for hydroxylation is 1. The molecule has 5 nitrogen and oxygen atoms in total. The number of rotatable bonds is 3. The highest BCUT2D eigenvalue weighted by atomic mass is 16.2. The summed E-state index contributed by atoms with van der Waals surface area (Å²) >= 11 is 0. The van der Waals surface area contributed by atoms with Gasteiger partial charge in [0.2, 0.25) is 5.91 Å². The smallest absolute Gasteiger partial charge is 0.317 e. The number of likely N-dealkylation sites (tertiary alicyclic amines) is 2. The lowest BCUT2D eigenvalue weighted by molar-refractivity contribution is -0.135. The summed E-state index contributed by atoms with van der Waals surface area (Å²) in [5, 5.41) is 3.08. The van der Waals surface area contributed by atoms with Crippen LogP contribution in [0.1, 0.15) is 49.8 Å². The highest BCUT2D eigenvalue weighted by Gasteiger charge is 2.31. The molecule has 2 heterocycles. The lowest BCUT2D eigenvalue weighted by Crippen LogP contribution is -2.47. The van der Waals surface area contributed by atoms with Gasteiger partial charge in [-0.3, -0.25) is 4.79 Å². The molecular weight excluding hydrogens is 314 g/mol. The first-order valence-corrected chi connectivity index (χ1v) is 9.45. The molecule has 2 saturated heterocycles. The van der Waals surface area contributed by atoms with Crippen molar-refractivity contribution in [2.75, 3.05) is 26.2 Å². The highest BCUT2D eigenvalue weighted by molar-refractivity contribution is 5.80. The van der Waals surface area contributed by atoms with E-state index in [2.05, 4.69) is 36.5 Å². The van der Waals surface area contributed by atoms with E-state index in [9.17, 15) is 9.59 Å². The van der Waals surface area contributed by atoms with Crippen LogP contribution in [-0.2, 0) is 4.79 Å². The average molecular weight is 343 g/mol. The summed E-state index contributed by atoms with van der Waals surface area (Å²) in [6, 6.07) is 8.20. The molecule has 1 unspecified atom stereocenters. The Balaban J connectivity index is 1.47. The van der Waals surface area contributed by atoms with Crippen LogP contribution in [0.15, 0.2) is 24.3 Å². The zero-order chi connectivity index (χ0) is 17.8. The molecule has 2 fully saturated rings. The number of piperidine rings is 1. The van der Waals surface area contributed by atoms with Gasteiger partial charge in [-0.2, -0.15) is 0 Å². The van der Waals surface area contributed by atoms with Crippen LogP contribution in [-0.4, -0.2) is 47.9 Å². The van der Waals surface area contributed by atoms with Gasteiger partial charge >= 0.3 is 6.03 Å². The molecule has 0 radical (unpaired) electrons. The van der Waals surface area contributed by atoms with Gasteiger partial charge in [-0.1, -0.05) is 29.8 Å². The second kappa shape index (κ2) is 7.89. The van der Waals surface area contributed by atoms with E-state index in [1.54, 1.807) is 0 Å². The van der Waals surface area contributed by atoms with Gasteiger partial charge in [0.15, 0.2) is 0 Å². The van der Waals surface area contributed by atoms with Crippen molar-refractivity contribution in [2.45, 2.75) is 45.6 Å². The van der Waals surface area contributed by atoms with Crippen molar-refractivity contribution < 1.29 is 9.59 Å². The first-order chi connectivity index (χ1) is 12.0. The fourth-order valence-electron chi connectivity index (χ4n) is 3.74. The summed E-state index contributed by atoms with van der Waals surface area (Å²) in [4.78, 5) is 28.8. The molecule has 1 atom stereocenters. The maximum absolute atomic E-state index is 12.5. The molecule has 5 heteroatoms. The number of hydrogen-bond donors (Lipinski definition) is 1. The third-order valence-electron chi connectivity index (χ3n) is 5.47. The minimum absolute atomic E-state index is 0.0166. The molecule has 0 spiro atoms. The van der Waals surface area contributed by atoms with Crippen LogP contribution in [0.3, 0.4) is 0 Å². The maximum atomic E-state index is 12.5. The molecule has 0 aromatic heterocycles. The number of amides is 3. The first kappa shape index (κ1) is 17.8. The van der Waals surface area contributed by atoms with Gasteiger partial charge in [-0.25, -0.2) is 4.79 Å². The number of urea groups is 1. The summed E-state index contributed by atoms with van der Waals surface area (Å²) < 4.78 is 0. The standard InChI is InChI=1S/C20H29N3O2/c1-15-5-7-17(8-6-15)16(2)21-20(25)23-13-9-18(10-14-23)19(24)22-11-3-4-12-22/h5-8,16,18H,3-4,9-14H2,1-2H3,(H,21,25). The second-order valence-corrected chi connectivity index (χ2v) is 7.38. The van der Waals surface area contributed by atoms with Crippen molar-refractivity contribution in [3.63, 3.8) is 0 Å². The molecule has 136 valence electrons. The average Bonchev–Trinajstić information content (AvgIpc) is 3.16. The van der Waals surface area contributed by atoms with Gasteiger partial charge in [-0.15, -0.1) is 0 Å². The van der Waals surface area contributed by atoms with Crippen molar-refractivity contribution in [2.24, 2.45) is 5.92 Å². The van der Waals surface area contributed by atoms with Crippen molar-refractivity contribution >= 4 is 11.9 Å². The fraction of sp³-hybridized carbons (Fsp3) is 0.600. The van der Waals surface area contributed by atoms with E-state index >= 15 is 0 Å². The minimum Gasteiger partial charge on any atom is -0.342 e. The molecule has 0 saturated carbocycles. The normalized spacial score (nSPS) is 19.8. The number of carbonyl (C=O) groups is 2. The number of nitrogens with one attached hydrogen (secondary N) is 1. The fourth-order valence-corrected chi connectivity index (χ4v) is 3.74. The van der Waals surface area contributed by atoms with E-state index in [1.807, 2.05) is 16.7 Å². The molecule has 1 aromatic rings. The van der Waals surface area contributed by atoms with Crippen LogP contribution in [0, 0.1) is 12.8 Å². The van der Waals surface area contributed by atoms with Crippen molar-refractivity contribution in [1.29, 1.82) is 0 Å². The zero-order valence-electron chi connectivity index (χ0n) is 15.3. The number of carbonyl (C=O) groups excluding carboxylic acids is 2. The van der Waals surface area contributed by atoms with Gasteiger partial charge in [0, 0.05) is 32.1 Å². The van der Waals surface area contributed by atoms with Gasteiger partial charge in [-0.05, 0) is 45.1 Å². The maximum Gasteiger partial charge on any atom is 0.317 e. The van der Waals surface area contributed by atoms with E-state index in [0.29, 0.717) is 19.0 Å². The molecule has 1 aromatic carbocycles. The van der Waals surface area contributed by atoms with Crippen molar-refractivity contribution in [3.8, 4) is 0 Å². The molecule has 2 aliphatic heterocycles. The van der Waals surface area contributed by atoms with Gasteiger partial charge < -0.3 is 15.1 Å². The topological polar surface area (TPSA) is 52.7 Å². The Morgan fingerprint density at radius 1 is 1.00 bits per heavy atom. The Morgan fingerprint density at radius 3 is 2.20 bits per heavy atom. The van der Waals surface area contributed by atoms with Crippen LogP contribution in [0.4, 0.5) is 4.79 Å². The largest absolute Gasteiger partial charge is 0.342 e. The SMILES string of the molecule is Cc1ccc(C(C)NC(=O)N2CCC(C(=O)N3CCCC3)CC2)cc1. The Morgan fingerprint density at radius 2 is 1.60 bits per heavy atom. The third kappa shape index (κ3) is 4.33. The molecule has 1 N–H and O–H groups in total. The minimum atomic E-state index is -0.0276. The van der Waals surface area contributed by atoms with Crippen LogP contribution in [0.2, 0.25) is 0 Å². The van der Waals surface area contributed by atoms with Crippen LogP contribution >= 0.6 is 0 Å². The quantitative estimate of drug-likeness (QED) is 0.917. The van der Waals surface area contributed by atoms with Crippen LogP contribution < -0.4 is 5.32 Å². The predicted molar refractivity (Wildman–Crippen MR) is 98.2 cm³/mol. The lowest BCUT2D eigenvalue weighted by atomic mass is 9.95. The molecule has 2 aliphatic rings. The second-order valence-electron chi connectivity index (χ2n) is 7.38. The molecule has 3 rings (SSSR count). The van der Waals surface area contributed by atoms with Crippen molar-refractivity contribution in [1.82, 2.24) is 15.1 Å². The Bertz CT molecular complexity index is 600. The van der Waals surface area contributed by atoms with Crippen molar-refractivity contribution in [3.05, 3.63) is 35.4 Å². The summed E-state index contributed by atoms with van der Waals surface area (Å²) in [6.07, 6.45) is 3.82. The lowest BCUT2D eigenvalue weighted by Gasteiger charge is -2.33. The van der Waals surface area contributed by atoms with Crippen LogP contribution in [0.5, 0.6) is 0 Å². The van der Waals surface area contributed by atoms with E-state index in [0.717, 1.165) is 44.3 Å². The third-order valence-corrected chi connectivity index (χ3v) is 5.47. The molecular formula is C20H29N3O2. The van der Waals surface area contributed by atoms with E-state index in [4.69, 9.17) is 0 Å². The molecule has 25 heavy (non-hydrogen) atoms. The van der Waals surface area contributed by atoms with E-state index < -0.39 is 0 Å². The summed E-state index contributed by atoms with van der Waals surface area (Å²) in [7, 11) is 0. The first-order valence-electron chi connectivity index (χ1n) is 9.45. The molecule has 0 bridgehead atoms. The molecule has 3 amide bonds. The Labute approximate surface area is 150 Å². The van der Waals surface area contributed by atoms with Gasteiger partial charge in [0.25, 0.3) is 0 Å². The van der Waals surface area contributed by atoms with Gasteiger partial charge in [0.05, 0.1) is 6.04 Å². The summed E-state index contributed by atoms with van der Waals surface area (Å²) in [5.74, 6) is 0.391. The van der Waals surface area contributed by atoms with E-state index in [1.165, 1.54) is 5.56 Å².